The molecular weight excluding hydrogens is 256 g/mol. The summed E-state index contributed by atoms with van der Waals surface area (Å²) in [4.78, 5) is 7.26. The summed E-state index contributed by atoms with van der Waals surface area (Å²) < 4.78 is 0. The summed E-state index contributed by atoms with van der Waals surface area (Å²) in [5.41, 5.74) is 5.51. The molecule has 106 valence electrons. The number of rotatable bonds is 0. The van der Waals surface area contributed by atoms with Gasteiger partial charge < -0.3 is 4.90 Å². The second-order valence-corrected chi connectivity index (χ2v) is 6.91. The van der Waals surface area contributed by atoms with Crippen molar-refractivity contribution >= 4 is 6.34 Å². The fraction of sp³-hybridized carbons (Fsp3) is 0.316. The predicted octanol–water partition coefficient (Wildman–Crippen LogP) is 4.59. The highest BCUT2D eigenvalue weighted by Crippen LogP contribution is 2.52. The Morgan fingerprint density at radius 1 is 0.857 bits per heavy atom. The van der Waals surface area contributed by atoms with Crippen molar-refractivity contribution < 1.29 is 0 Å². The van der Waals surface area contributed by atoms with E-state index in [9.17, 15) is 0 Å². The number of hydrogen-bond donors (Lipinski definition) is 0. The average molecular weight is 276 g/mol. The van der Waals surface area contributed by atoms with Gasteiger partial charge in [-0.1, -0.05) is 48.5 Å². The van der Waals surface area contributed by atoms with E-state index in [2.05, 4.69) is 74.2 Å². The minimum atomic E-state index is 0.0717. The van der Waals surface area contributed by atoms with Gasteiger partial charge in [0.05, 0.1) is 12.4 Å². The van der Waals surface area contributed by atoms with Gasteiger partial charge >= 0.3 is 0 Å². The molecule has 2 atom stereocenters. The van der Waals surface area contributed by atoms with E-state index in [4.69, 9.17) is 4.99 Å². The van der Waals surface area contributed by atoms with Crippen molar-refractivity contribution in [3.63, 3.8) is 0 Å². The molecule has 1 aliphatic heterocycles. The zero-order chi connectivity index (χ0) is 14.6. The third-order valence-electron chi connectivity index (χ3n) is 4.57. The monoisotopic (exact) mass is 276 g/mol. The number of fused-ring (bicyclic) bond motifs is 6. The van der Waals surface area contributed by atoms with Gasteiger partial charge in [0.1, 0.15) is 6.04 Å². The van der Waals surface area contributed by atoms with Gasteiger partial charge in [0.25, 0.3) is 0 Å². The third-order valence-corrected chi connectivity index (χ3v) is 4.57. The topological polar surface area (TPSA) is 15.6 Å². The molecule has 1 heterocycles. The molecule has 0 spiro atoms. The zero-order valence-electron chi connectivity index (χ0n) is 12.7. The Morgan fingerprint density at radius 3 is 2.10 bits per heavy atom. The molecule has 0 radical (unpaired) electrons. The molecule has 0 saturated carbocycles. The second kappa shape index (κ2) is 4.20. The van der Waals surface area contributed by atoms with Crippen LogP contribution in [-0.2, 0) is 0 Å². The molecule has 2 heteroatoms. The molecule has 21 heavy (non-hydrogen) atoms. The zero-order valence-corrected chi connectivity index (χ0v) is 12.7. The van der Waals surface area contributed by atoms with Crippen LogP contribution >= 0.6 is 0 Å². The van der Waals surface area contributed by atoms with Crippen LogP contribution in [-0.4, -0.2) is 16.8 Å². The molecule has 2 unspecified atom stereocenters. The second-order valence-electron chi connectivity index (χ2n) is 6.91. The van der Waals surface area contributed by atoms with Gasteiger partial charge in [-0.2, -0.15) is 0 Å². The lowest BCUT2D eigenvalue weighted by Gasteiger charge is -2.41. The van der Waals surface area contributed by atoms with E-state index >= 15 is 0 Å². The van der Waals surface area contributed by atoms with Crippen molar-refractivity contribution in [2.24, 2.45) is 4.99 Å². The number of hydrogen-bond acceptors (Lipinski definition) is 2. The normalized spacial score (nSPS) is 22.7. The highest BCUT2D eigenvalue weighted by atomic mass is 15.3. The van der Waals surface area contributed by atoms with Crippen LogP contribution in [0.3, 0.4) is 0 Å². The maximum Gasteiger partial charge on any atom is 0.102 e. The first-order valence-electron chi connectivity index (χ1n) is 7.57. The summed E-state index contributed by atoms with van der Waals surface area (Å²) in [6, 6.07) is 18.0. The van der Waals surface area contributed by atoms with Crippen LogP contribution in [0.15, 0.2) is 53.5 Å². The molecule has 2 nitrogen and oxygen atoms in total. The Kier molecular flexibility index (Phi) is 2.53. The summed E-state index contributed by atoms with van der Waals surface area (Å²) in [6.45, 7) is 6.76. The van der Waals surface area contributed by atoms with Gasteiger partial charge in [0.2, 0.25) is 0 Å². The average Bonchev–Trinajstić information content (AvgIpc) is 2.93. The SMILES string of the molecule is CC(C)(C)N1C=NC2c3ccccc3-c3ccccc3C21. The van der Waals surface area contributed by atoms with Crippen molar-refractivity contribution in [1.29, 1.82) is 0 Å². The van der Waals surface area contributed by atoms with Crippen molar-refractivity contribution in [1.82, 2.24) is 4.90 Å². The lowest BCUT2D eigenvalue weighted by Crippen LogP contribution is -2.42. The van der Waals surface area contributed by atoms with Crippen molar-refractivity contribution in [2.75, 3.05) is 0 Å². The van der Waals surface area contributed by atoms with E-state index < -0.39 is 0 Å². The minimum Gasteiger partial charge on any atom is -0.348 e. The minimum absolute atomic E-state index is 0.0717. The molecule has 2 aliphatic rings. The van der Waals surface area contributed by atoms with Crippen molar-refractivity contribution in [3.8, 4) is 11.1 Å². The highest BCUT2D eigenvalue weighted by molar-refractivity contribution is 5.78. The van der Waals surface area contributed by atoms with E-state index in [1.54, 1.807) is 0 Å². The van der Waals surface area contributed by atoms with Crippen LogP contribution < -0.4 is 0 Å². The third kappa shape index (κ3) is 1.75. The van der Waals surface area contributed by atoms with Gasteiger partial charge in [-0.05, 0) is 43.0 Å². The predicted molar refractivity (Wildman–Crippen MR) is 87.4 cm³/mol. The summed E-state index contributed by atoms with van der Waals surface area (Å²) >= 11 is 0. The molecule has 2 aromatic rings. The van der Waals surface area contributed by atoms with Gasteiger partial charge in [-0.3, -0.25) is 4.99 Å². The number of nitrogens with zero attached hydrogens (tertiary/aromatic N) is 2. The Balaban J connectivity index is 1.96. The van der Waals surface area contributed by atoms with Gasteiger partial charge in [-0.15, -0.1) is 0 Å². The molecule has 2 aromatic carbocycles. The lowest BCUT2D eigenvalue weighted by molar-refractivity contribution is 0.181. The van der Waals surface area contributed by atoms with E-state index in [1.807, 2.05) is 6.34 Å². The molecule has 0 aromatic heterocycles. The largest absolute Gasteiger partial charge is 0.348 e. The molecule has 0 fully saturated rings. The van der Waals surface area contributed by atoms with Gasteiger partial charge in [-0.25, -0.2) is 0 Å². The van der Waals surface area contributed by atoms with Crippen LogP contribution in [0.2, 0.25) is 0 Å². The first-order valence-corrected chi connectivity index (χ1v) is 7.57. The molecule has 1 aliphatic carbocycles. The van der Waals surface area contributed by atoms with Crippen molar-refractivity contribution in [2.45, 2.75) is 38.4 Å². The maximum atomic E-state index is 4.85. The quantitative estimate of drug-likeness (QED) is 0.687. The summed E-state index contributed by atoms with van der Waals surface area (Å²) in [6.07, 6.45) is 2.05. The van der Waals surface area contributed by atoms with Crippen LogP contribution in [0.25, 0.3) is 11.1 Å². The molecule has 0 bridgehead atoms. The Morgan fingerprint density at radius 2 is 1.43 bits per heavy atom. The summed E-state index contributed by atoms with van der Waals surface area (Å²) in [7, 11) is 0. The number of aliphatic imine (C=N–C) groups is 1. The fourth-order valence-electron chi connectivity index (χ4n) is 3.61. The van der Waals surface area contributed by atoms with Crippen LogP contribution in [0.5, 0.6) is 0 Å². The highest BCUT2D eigenvalue weighted by Gasteiger charge is 2.42. The van der Waals surface area contributed by atoms with Crippen LogP contribution in [0.4, 0.5) is 0 Å². The molecular formula is C19H20N2. The maximum absolute atomic E-state index is 4.85. The van der Waals surface area contributed by atoms with Crippen LogP contribution in [0, 0.1) is 0 Å². The Bertz CT molecular complexity index is 724. The lowest BCUT2D eigenvalue weighted by atomic mass is 9.78. The van der Waals surface area contributed by atoms with E-state index in [-0.39, 0.29) is 11.6 Å². The Hall–Kier alpha value is -2.09. The summed E-state index contributed by atoms with van der Waals surface area (Å²) in [5, 5.41) is 0. The van der Waals surface area contributed by atoms with E-state index in [0.717, 1.165) is 0 Å². The first-order chi connectivity index (χ1) is 10.1. The van der Waals surface area contributed by atoms with Gasteiger partial charge in [0.15, 0.2) is 0 Å². The number of benzene rings is 2. The fourth-order valence-corrected chi connectivity index (χ4v) is 3.61. The molecule has 0 amide bonds. The molecule has 4 rings (SSSR count). The summed E-state index contributed by atoms with van der Waals surface area (Å²) in [5.74, 6) is 0. The van der Waals surface area contributed by atoms with E-state index in [1.165, 1.54) is 22.3 Å². The van der Waals surface area contributed by atoms with Gasteiger partial charge in [0, 0.05) is 5.54 Å². The van der Waals surface area contributed by atoms with E-state index in [0.29, 0.717) is 6.04 Å². The molecule has 0 N–H and O–H groups in total. The standard InChI is InChI=1S/C19H20N2/c1-19(2,3)21-12-20-17-15-10-6-4-8-13(15)14-9-5-7-11-16(14)18(17)21/h4-12,17-18H,1-3H3. The van der Waals surface area contributed by atoms with Crippen LogP contribution in [0.1, 0.15) is 44.0 Å². The first kappa shape index (κ1) is 12.6. The Labute approximate surface area is 126 Å². The molecule has 0 saturated heterocycles. The van der Waals surface area contributed by atoms with Crippen molar-refractivity contribution in [3.05, 3.63) is 59.7 Å². The smallest absolute Gasteiger partial charge is 0.102 e.